The summed E-state index contributed by atoms with van der Waals surface area (Å²) in [5.41, 5.74) is 0.195. The zero-order valence-electron chi connectivity index (χ0n) is 8.31. The average molecular weight is 223 g/mol. The molecule has 0 aromatic rings. The van der Waals surface area contributed by atoms with E-state index in [2.05, 4.69) is 20.8 Å². The number of halogens is 2. The Labute approximate surface area is 89.8 Å². The van der Waals surface area contributed by atoms with Crippen molar-refractivity contribution in [2.45, 2.75) is 44.4 Å². The fourth-order valence-electron chi connectivity index (χ4n) is 1.73. The van der Waals surface area contributed by atoms with Crippen LogP contribution in [0.2, 0.25) is 0 Å². The van der Waals surface area contributed by atoms with Crippen LogP contribution in [0, 0.1) is 11.3 Å². The molecule has 0 aliphatic heterocycles. The van der Waals surface area contributed by atoms with Crippen LogP contribution in [0.1, 0.15) is 33.6 Å². The minimum Gasteiger partial charge on any atom is -0.296 e. The lowest BCUT2D eigenvalue weighted by Gasteiger charge is -2.37. The van der Waals surface area contributed by atoms with Gasteiger partial charge in [-0.15, -0.1) is 23.2 Å². The van der Waals surface area contributed by atoms with Gasteiger partial charge in [0.25, 0.3) is 0 Å². The number of ketones is 1. The van der Waals surface area contributed by atoms with Crippen molar-refractivity contribution in [1.29, 1.82) is 0 Å². The van der Waals surface area contributed by atoms with Crippen molar-refractivity contribution in [2.24, 2.45) is 11.3 Å². The summed E-state index contributed by atoms with van der Waals surface area (Å²) in [6.45, 7) is 6.50. The molecule has 0 aromatic heterocycles. The number of carbonyl (C=O) groups excluding carboxylic acids is 1. The Morgan fingerprint density at radius 1 is 1.15 bits per heavy atom. The van der Waals surface area contributed by atoms with Crippen molar-refractivity contribution < 1.29 is 4.79 Å². The molecule has 1 aliphatic carbocycles. The van der Waals surface area contributed by atoms with E-state index in [1.165, 1.54) is 0 Å². The Morgan fingerprint density at radius 2 is 1.54 bits per heavy atom. The molecule has 0 spiro atoms. The van der Waals surface area contributed by atoms with E-state index >= 15 is 0 Å². The molecular formula is C10H16Cl2O. The number of hydrogen-bond donors (Lipinski definition) is 0. The quantitative estimate of drug-likeness (QED) is 0.576. The van der Waals surface area contributed by atoms with E-state index in [0.29, 0.717) is 5.92 Å². The maximum atomic E-state index is 11.3. The number of carbonyl (C=O) groups is 1. The number of rotatable bonds is 0. The van der Waals surface area contributed by atoms with E-state index < -0.39 is 0 Å². The maximum absolute atomic E-state index is 11.3. The van der Waals surface area contributed by atoms with Gasteiger partial charge in [-0.2, -0.15) is 0 Å². The molecule has 13 heavy (non-hydrogen) atoms. The zero-order chi connectivity index (χ0) is 10.2. The van der Waals surface area contributed by atoms with Crippen LogP contribution >= 0.6 is 23.2 Å². The Hall–Kier alpha value is 0.250. The maximum Gasteiger partial charge on any atom is 0.168 e. The van der Waals surface area contributed by atoms with Crippen molar-refractivity contribution in [2.75, 3.05) is 0 Å². The van der Waals surface area contributed by atoms with Gasteiger partial charge >= 0.3 is 0 Å². The molecule has 0 bridgehead atoms. The third-order valence-corrected chi connectivity index (χ3v) is 3.61. The summed E-state index contributed by atoms with van der Waals surface area (Å²) >= 11 is 11.9. The minimum atomic E-state index is -0.375. The number of Topliss-reactive ketones (excluding diaryl/α,β-unsaturated/α-hetero) is 1. The second-order valence-electron chi connectivity index (χ2n) is 4.87. The smallest absolute Gasteiger partial charge is 0.168 e. The second kappa shape index (κ2) is 3.78. The van der Waals surface area contributed by atoms with Crippen LogP contribution in [-0.4, -0.2) is 16.5 Å². The summed E-state index contributed by atoms with van der Waals surface area (Å²) in [4.78, 5) is 11.3. The highest BCUT2D eigenvalue weighted by atomic mass is 35.5. The highest BCUT2D eigenvalue weighted by molar-refractivity contribution is 6.40. The third kappa shape index (κ3) is 2.60. The highest BCUT2D eigenvalue weighted by Crippen LogP contribution is 2.39. The lowest BCUT2D eigenvalue weighted by atomic mass is 9.72. The lowest BCUT2D eigenvalue weighted by Crippen LogP contribution is -2.39. The summed E-state index contributed by atoms with van der Waals surface area (Å²) in [7, 11) is 0. The Kier molecular flexibility index (Phi) is 3.29. The van der Waals surface area contributed by atoms with Crippen molar-refractivity contribution in [3.05, 3.63) is 0 Å². The summed E-state index contributed by atoms with van der Waals surface area (Å²) in [6.07, 6.45) is 1.54. The zero-order valence-corrected chi connectivity index (χ0v) is 9.82. The topological polar surface area (TPSA) is 17.1 Å². The lowest BCUT2D eigenvalue weighted by molar-refractivity contribution is -0.120. The van der Waals surface area contributed by atoms with Gasteiger partial charge in [0.15, 0.2) is 5.78 Å². The molecule has 76 valence electrons. The van der Waals surface area contributed by atoms with Crippen molar-refractivity contribution in [1.82, 2.24) is 0 Å². The van der Waals surface area contributed by atoms with Crippen LogP contribution in [-0.2, 0) is 4.79 Å². The first-order valence-corrected chi connectivity index (χ1v) is 5.51. The van der Waals surface area contributed by atoms with Gasteiger partial charge in [-0.3, -0.25) is 4.79 Å². The van der Waals surface area contributed by atoms with E-state index in [1.54, 1.807) is 0 Å². The SMILES string of the molecule is CC(C)(C)C1C[C@@H](Cl)C(=O)[C@@H](Cl)C1. The number of alkyl halides is 2. The van der Waals surface area contributed by atoms with E-state index in [-0.39, 0.29) is 22.0 Å². The molecule has 1 aliphatic rings. The first-order chi connectivity index (χ1) is 5.82. The molecule has 1 nitrogen and oxygen atoms in total. The van der Waals surface area contributed by atoms with Crippen molar-refractivity contribution in [3.63, 3.8) is 0 Å². The minimum absolute atomic E-state index is 0.00355. The molecule has 0 saturated heterocycles. The van der Waals surface area contributed by atoms with E-state index in [0.717, 1.165) is 12.8 Å². The van der Waals surface area contributed by atoms with Gasteiger partial charge in [-0.25, -0.2) is 0 Å². The second-order valence-corrected chi connectivity index (χ2v) is 5.93. The van der Waals surface area contributed by atoms with Gasteiger partial charge in [-0.1, -0.05) is 20.8 Å². The van der Waals surface area contributed by atoms with E-state index in [1.807, 2.05) is 0 Å². The van der Waals surface area contributed by atoms with Crippen LogP contribution in [0.15, 0.2) is 0 Å². The van der Waals surface area contributed by atoms with Crippen LogP contribution in [0.5, 0.6) is 0 Å². The van der Waals surface area contributed by atoms with Gasteiger partial charge in [-0.05, 0) is 24.2 Å². The third-order valence-electron chi connectivity index (χ3n) is 2.83. The molecular weight excluding hydrogens is 207 g/mol. The predicted molar refractivity (Wildman–Crippen MR) is 56.5 cm³/mol. The molecule has 0 N–H and O–H groups in total. The number of hydrogen-bond acceptors (Lipinski definition) is 1. The Balaban J connectivity index is 2.69. The summed E-state index contributed by atoms with van der Waals surface area (Å²) in [5.74, 6) is 0.457. The monoisotopic (exact) mass is 222 g/mol. The fraction of sp³-hybridized carbons (Fsp3) is 0.900. The van der Waals surface area contributed by atoms with Gasteiger partial charge in [0.05, 0.1) is 10.8 Å². The molecule has 0 amide bonds. The standard InChI is InChI=1S/C10H16Cl2O/c1-10(2,3)6-4-7(11)9(13)8(12)5-6/h6-8H,4-5H2,1-3H3/t6?,7-,8+. The van der Waals surface area contributed by atoms with Crippen LogP contribution < -0.4 is 0 Å². The summed E-state index contributed by atoms with van der Waals surface area (Å²) in [5, 5.41) is -0.749. The normalized spacial score (nSPS) is 36.4. The first kappa shape index (κ1) is 11.3. The molecule has 0 aromatic carbocycles. The van der Waals surface area contributed by atoms with Gasteiger partial charge in [0.1, 0.15) is 0 Å². The van der Waals surface area contributed by atoms with Gasteiger partial charge in [0.2, 0.25) is 0 Å². The van der Waals surface area contributed by atoms with Crippen LogP contribution in [0.3, 0.4) is 0 Å². The highest BCUT2D eigenvalue weighted by Gasteiger charge is 2.38. The van der Waals surface area contributed by atoms with Crippen LogP contribution in [0.25, 0.3) is 0 Å². The summed E-state index contributed by atoms with van der Waals surface area (Å²) < 4.78 is 0. The largest absolute Gasteiger partial charge is 0.296 e. The first-order valence-electron chi connectivity index (χ1n) is 4.64. The fourth-order valence-corrected chi connectivity index (χ4v) is 2.53. The van der Waals surface area contributed by atoms with Gasteiger partial charge < -0.3 is 0 Å². The van der Waals surface area contributed by atoms with Gasteiger partial charge in [0, 0.05) is 0 Å². The average Bonchev–Trinajstić information content (AvgIpc) is 1.97. The molecule has 1 unspecified atom stereocenters. The molecule has 1 rings (SSSR count). The predicted octanol–water partition coefficient (Wildman–Crippen LogP) is 3.23. The van der Waals surface area contributed by atoms with Crippen molar-refractivity contribution >= 4 is 29.0 Å². The summed E-state index contributed by atoms with van der Waals surface area (Å²) in [6, 6.07) is 0. The molecule has 1 saturated carbocycles. The Morgan fingerprint density at radius 3 is 1.85 bits per heavy atom. The molecule has 0 heterocycles. The molecule has 0 radical (unpaired) electrons. The molecule has 3 atom stereocenters. The molecule has 1 fully saturated rings. The van der Waals surface area contributed by atoms with Crippen LogP contribution in [0.4, 0.5) is 0 Å². The molecule has 3 heteroatoms. The van der Waals surface area contributed by atoms with E-state index in [4.69, 9.17) is 23.2 Å². The Bertz CT molecular complexity index is 193. The van der Waals surface area contributed by atoms with Crippen molar-refractivity contribution in [3.8, 4) is 0 Å². The van der Waals surface area contributed by atoms with E-state index in [9.17, 15) is 4.79 Å².